The van der Waals surface area contributed by atoms with Crippen LogP contribution in [0.1, 0.15) is 251 Å². The summed E-state index contributed by atoms with van der Waals surface area (Å²) in [6.45, 7) is 1.80. The van der Waals surface area contributed by atoms with Gasteiger partial charge >= 0.3 is 0 Å². The third-order valence-electron chi connectivity index (χ3n) is 17.0. The molecule has 0 bridgehead atoms. The van der Waals surface area contributed by atoms with Crippen molar-refractivity contribution in [3.05, 3.63) is 24.3 Å². The molecule has 3 saturated heterocycles. The number of carbonyl (C=O) groups excluding carboxylic acids is 1. The largest absolute Gasteiger partial charge is 0.394 e. The van der Waals surface area contributed by atoms with Gasteiger partial charge < -0.3 is 89.9 Å². The predicted molar refractivity (Wildman–Crippen MR) is 323 cm³/mol. The molecule has 3 aliphatic heterocycles. The number of nitrogens with one attached hydrogen (secondary N) is 1. The molecule has 1 amide bonds. The summed E-state index contributed by atoms with van der Waals surface area (Å²) in [5, 5.41) is 121. The lowest BCUT2D eigenvalue weighted by molar-refractivity contribution is -0.379. The van der Waals surface area contributed by atoms with E-state index in [1.807, 2.05) is 0 Å². The maximum absolute atomic E-state index is 13.4. The zero-order valence-corrected chi connectivity index (χ0v) is 51.9. The minimum absolute atomic E-state index is 0.245. The van der Waals surface area contributed by atoms with E-state index in [0.717, 1.165) is 57.8 Å². The fourth-order valence-corrected chi connectivity index (χ4v) is 11.5. The average Bonchev–Trinajstić information content (AvgIpc) is 2.76. The first kappa shape index (κ1) is 76.5. The SMILES string of the molecule is CCCCCCC/C=C\C/C=C\CCCCCCCCCCCC(=O)NC(COC1OC(CO)C(OC2OC(CO)C(OC3OC(CO)C(O)C(O)C3O)C(O)C2O)C(O)C1O)C(O)CCCCCCCCCCCCCCCCCCCC. The number of allylic oxidation sites excluding steroid dienone is 4. The predicted octanol–water partition coefficient (Wildman–Crippen LogP) is 7.88. The van der Waals surface area contributed by atoms with E-state index < -0.39 is 124 Å². The summed E-state index contributed by atoms with van der Waals surface area (Å²) in [6.07, 6.45) is 25.3. The molecule has 17 unspecified atom stereocenters. The summed E-state index contributed by atoms with van der Waals surface area (Å²) < 4.78 is 34.4. The van der Waals surface area contributed by atoms with Crippen LogP contribution in [0.4, 0.5) is 0 Å². The second-order valence-corrected chi connectivity index (χ2v) is 24.3. The number of carbonyl (C=O) groups is 1. The van der Waals surface area contributed by atoms with E-state index in [-0.39, 0.29) is 18.9 Å². The van der Waals surface area contributed by atoms with Crippen LogP contribution in [0.5, 0.6) is 0 Å². The third kappa shape index (κ3) is 30.7. The highest BCUT2D eigenvalue weighted by Gasteiger charge is 2.53. The van der Waals surface area contributed by atoms with E-state index >= 15 is 0 Å². The number of unbranched alkanes of at least 4 members (excludes halogenated alkanes) is 31. The Balaban J connectivity index is 1.45. The maximum atomic E-state index is 13.4. The molecule has 0 radical (unpaired) electrons. The topological polar surface area (TPSA) is 307 Å². The minimum Gasteiger partial charge on any atom is -0.394 e. The molecule has 494 valence electrons. The van der Waals surface area contributed by atoms with Gasteiger partial charge in [0.15, 0.2) is 18.9 Å². The summed E-state index contributed by atoms with van der Waals surface area (Å²) in [5.41, 5.74) is 0. The molecule has 84 heavy (non-hydrogen) atoms. The van der Waals surface area contributed by atoms with Gasteiger partial charge in [-0.25, -0.2) is 0 Å². The molecule has 3 aliphatic rings. The van der Waals surface area contributed by atoms with Gasteiger partial charge in [-0.1, -0.05) is 224 Å². The van der Waals surface area contributed by atoms with Crippen molar-refractivity contribution in [3.63, 3.8) is 0 Å². The molecular weight excluding hydrogens is 1080 g/mol. The Bertz CT molecular complexity index is 1630. The maximum Gasteiger partial charge on any atom is 0.220 e. The molecule has 19 heteroatoms. The van der Waals surface area contributed by atoms with Gasteiger partial charge in [0, 0.05) is 6.42 Å². The Kier molecular flexibility index (Phi) is 43.9. The number of hydrogen-bond donors (Lipinski definition) is 12. The van der Waals surface area contributed by atoms with Crippen molar-refractivity contribution >= 4 is 5.91 Å². The molecule has 12 N–H and O–H groups in total. The van der Waals surface area contributed by atoms with E-state index in [2.05, 4.69) is 43.5 Å². The van der Waals surface area contributed by atoms with E-state index in [1.165, 1.54) is 161 Å². The zero-order valence-electron chi connectivity index (χ0n) is 51.9. The molecule has 3 fully saturated rings. The van der Waals surface area contributed by atoms with Crippen LogP contribution in [0.2, 0.25) is 0 Å². The Hall–Kier alpha value is -1.73. The van der Waals surface area contributed by atoms with Crippen molar-refractivity contribution in [2.24, 2.45) is 0 Å². The molecule has 17 atom stereocenters. The van der Waals surface area contributed by atoms with Crippen molar-refractivity contribution < 1.29 is 89.4 Å². The van der Waals surface area contributed by atoms with Crippen LogP contribution in [0.3, 0.4) is 0 Å². The second kappa shape index (κ2) is 48.2. The van der Waals surface area contributed by atoms with Crippen LogP contribution in [-0.2, 0) is 33.2 Å². The van der Waals surface area contributed by atoms with Crippen LogP contribution in [0.25, 0.3) is 0 Å². The first-order chi connectivity index (χ1) is 40.8. The van der Waals surface area contributed by atoms with Crippen molar-refractivity contribution in [1.29, 1.82) is 0 Å². The van der Waals surface area contributed by atoms with E-state index in [1.54, 1.807) is 0 Å². The number of amides is 1. The van der Waals surface area contributed by atoms with E-state index in [0.29, 0.717) is 12.8 Å². The van der Waals surface area contributed by atoms with Gasteiger partial charge in [-0.15, -0.1) is 0 Å². The molecule has 0 spiro atoms. The summed E-state index contributed by atoms with van der Waals surface area (Å²) in [4.78, 5) is 13.4. The van der Waals surface area contributed by atoms with Gasteiger partial charge in [0.1, 0.15) is 73.2 Å². The molecular formula is C65H121NO18. The summed E-state index contributed by atoms with van der Waals surface area (Å²) in [7, 11) is 0. The van der Waals surface area contributed by atoms with Crippen molar-refractivity contribution in [2.75, 3.05) is 26.4 Å². The lowest BCUT2D eigenvalue weighted by atomic mass is 9.96. The standard InChI is InChI=1S/C65H121NO18/c1-3-5-7-9-11-13-15-17-19-21-23-24-25-27-29-31-33-35-37-39-41-43-53(71)66-48(49(70)42-40-38-36-34-32-30-28-26-22-20-18-16-14-12-10-8-6-4-2)47-79-63-59(77)56(74)61(51(45-68)81-63)84-65-60(78)57(75)62(52(46-69)82-65)83-64-58(76)55(73)54(72)50(44-67)80-64/h15,17,21,23,48-52,54-65,67-70,72-78H,3-14,16,18-20,22,24-47H2,1-2H3,(H,66,71)/b17-15-,23-21-. The van der Waals surface area contributed by atoms with Crippen LogP contribution in [-0.4, -0.2) is 193 Å². The Labute approximate surface area is 505 Å². The Morgan fingerprint density at radius 1 is 0.429 bits per heavy atom. The summed E-state index contributed by atoms with van der Waals surface area (Å²) >= 11 is 0. The molecule has 0 saturated carbocycles. The van der Waals surface area contributed by atoms with Crippen LogP contribution in [0, 0.1) is 0 Å². The lowest BCUT2D eigenvalue weighted by Gasteiger charge is -2.48. The average molecular weight is 1200 g/mol. The van der Waals surface area contributed by atoms with Crippen LogP contribution >= 0.6 is 0 Å². The summed E-state index contributed by atoms with van der Waals surface area (Å²) in [5.74, 6) is -0.245. The molecule has 19 nitrogen and oxygen atoms in total. The molecule has 0 aromatic rings. The first-order valence-corrected chi connectivity index (χ1v) is 33.6. The van der Waals surface area contributed by atoms with E-state index in [9.17, 15) is 61.0 Å². The van der Waals surface area contributed by atoms with Gasteiger partial charge in [-0.05, 0) is 44.9 Å². The fourth-order valence-electron chi connectivity index (χ4n) is 11.5. The molecule has 0 aromatic carbocycles. The Morgan fingerprint density at radius 2 is 0.786 bits per heavy atom. The van der Waals surface area contributed by atoms with Gasteiger partial charge in [-0.2, -0.15) is 0 Å². The van der Waals surface area contributed by atoms with Gasteiger partial charge in [0.2, 0.25) is 5.91 Å². The number of aliphatic hydroxyl groups is 11. The van der Waals surface area contributed by atoms with Gasteiger partial charge in [-0.3, -0.25) is 4.79 Å². The van der Waals surface area contributed by atoms with Crippen molar-refractivity contribution in [2.45, 2.75) is 356 Å². The van der Waals surface area contributed by atoms with Crippen LogP contribution < -0.4 is 5.32 Å². The smallest absolute Gasteiger partial charge is 0.220 e. The minimum atomic E-state index is -1.97. The second-order valence-electron chi connectivity index (χ2n) is 24.3. The fraction of sp³-hybridized carbons (Fsp3) is 0.923. The molecule has 0 aliphatic carbocycles. The molecule has 3 heterocycles. The van der Waals surface area contributed by atoms with Crippen LogP contribution in [0.15, 0.2) is 24.3 Å². The highest BCUT2D eigenvalue weighted by Crippen LogP contribution is 2.33. The van der Waals surface area contributed by atoms with E-state index in [4.69, 9.17) is 28.4 Å². The number of hydrogen-bond acceptors (Lipinski definition) is 18. The third-order valence-corrected chi connectivity index (χ3v) is 17.0. The number of rotatable bonds is 51. The highest BCUT2D eigenvalue weighted by atomic mass is 16.8. The number of ether oxygens (including phenoxy) is 6. The lowest BCUT2D eigenvalue weighted by Crippen LogP contribution is -2.66. The highest BCUT2D eigenvalue weighted by molar-refractivity contribution is 5.76. The van der Waals surface area contributed by atoms with Crippen molar-refractivity contribution in [1.82, 2.24) is 5.32 Å². The molecule has 0 aromatic heterocycles. The molecule has 3 rings (SSSR count). The zero-order chi connectivity index (χ0) is 61.2. The first-order valence-electron chi connectivity index (χ1n) is 33.6. The van der Waals surface area contributed by atoms with Crippen molar-refractivity contribution in [3.8, 4) is 0 Å². The van der Waals surface area contributed by atoms with Gasteiger partial charge in [0.05, 0.1) is 38.6 Å². The normalized spacial score (nSPS) is 29.3. The number of aliphatic hydroxyl groups excluding tert-OH is 11. The monoisotopic (exact) mass is 1200 g/mol. The quantitative estimate of drug-likeness (QED) is 0.0204. The Morgan fingerprint density at radius 3 is 1.21 bits per heavy atom. The summed E-state index contributed by atoms with van der Waals surface area (Å²) in [6, 6.07) is -0.888. The van der Waals surface area contributed by atoms with Gasteiger partial charge in [0.25, 0.3) is 0 Å².